The minimum absolute atomic E-state index is 0.0396. The van der Waals surface area contributed by atoms with E-state index in [1.165, 1.54) is 0 Å². The van der Waals surface area contributed by atoms with Crippen molar-refractivity contribution in [3.05, 3.63) is 11.4 Å². The van der Waals surface area contributed by atoms with Gasteiger partial charge in [-0.3, -0.25) is 0 Å². The van der Waals surface area contributed by atoms with Gasteiger partial charge < -0.3 is 15.0 Å². The smallest absolute Gasteiger partial charge is 0.221 e. The summed E-state index contributed by atoms with van der Waals surface area (Å²) in [5.74, 6) is 2.36. The van der Waals surface area contributed by atoms with Crippen molar-refractivity contribution in [2.75, 3.05) is 32.6 Å². The van der Waals surface area contributed by atoms with Crippen LogP contribution in [0.2, 0.25) is 0 Å². The number of aryl methyl sites for hydroxylation is 1. The van der Waals surface area contributed by atoms with Gasteiger partial charge in [0.1, 0.15) is 18.2 Å². The van der Waals surface area contributed by atoms with Gasteiger partial charge in [0.15, 0.2) is 0 Å². The Labute approximate surface area is 122 Å². The van der Waals surface area contributed by atoms with Crippen LogP contribution in [0.25, 0.3) is 0 Å². The maximum absolute atomic E-state index is 5.96. The zero-order valence-electron chi connectivity index (χ0n) is 13.9. The van der Waals surface area contributed by atoms with E-state index in [0.29, 0.717) is 12.5 Å². The molecular weight excluding hydrogens is 252 g/mol. The summed E-state index contributed by atoms with van der Waals surface area (Å²) in [7, 11) is 4.11. The third-order valence-corrected chi connectivity index (χ3v) is 3.58. The van der Waals surface area contributed by atoms with Crippen LogP contribution >= 0.6 is 0 Å². The zero-order chi connectivity index (χ0) is 15.3. The molecule has 1 rings (SSSR count). The molecular formula is C15H28N4O. The van der Waals surface area contributed by atoms with Crippen LogP contribution in [-0.2, 0) is 6.42 Å². The molecule has 5 nitrogen and oxygen atoms in total. The normalized spacial score (nSPS) is 11.8. The van der Waals surface area contributed by atoms with Crippen molar-refractivity contribution in [2.45, 2.75) is 46.6 Å². The number of nitrogens with zero attached hydrogens (tertiary/aromatic N) is 3. The van der Waals surface area contributed by atoms with Gasteiger partial charge in [-0.2, -0.15) is 4.98 Å². The molecule has 0 spiro atoms. The zero-order valence-corrected chi connectivity index (χ0v) is 13.9. The van der Waals surface area contributed by atoms with E-state index < -0.39 is 0 Å². The predicted octanol–water partition coefficient (Wildman–Crippen LogP) is 2.50. The first-order valence-electron chi connectivity index (χ1n) is 7.23. The predicted molar refractivity (Wildman–Crippen MR) is 83.6 cm³/mol. The number of likely N-dealkylation sites (N-methyl/N-ethyl adjacent to an activating group) is 1. The highest BCUT2D eigenvalue weighted by atomic mass is 16.5. The van der Waals surface area contributed by atoms with Gasteiger partial charge in [-0.15, -0.1) is 0 Å². The lowest BCUT2D eigenvalue weighted by Gasteiger charge is -2.32. The number of rotatable bonds is 7. The molecule has 0 aromatic carbocycles. The van der Waals surface area contributed by atoms with Gasteiger partial charge in [0.25, 0.3) is 0 Å². The summed E-state index contributed by atoms with van der Waals surface area (Å²) in [6.45, 7) is 11.8. The van der Waals surface area contributed by atoms with E-state index >= 15 is 0 Å². The van der Waals surface area contributed by atoms with Crippen LogP contribution in [0.4, 0.5) is 5.82 Å². The molecule has 0 atom stereocenters. The molecule has 20 heavy (non-hydrogen) atoms. The van der Waals surface area contributed by atoms with Crippen LogP contribution < -0.4 is 10.1 Å². The summed E-state index contributed by atoms with van der Waals surface area (Å²) in [5.41, 5.74) is 0.931. The summed E-state index contributed by atoms with van der Waals surface area (Å²) in [6.07, 6.45) is 0.798. The number of hydrogen-bond donors (Lipinski definition) is 1. The Morgan fingerprint density at radius 3 is 2.35 bits per heavy atom. The second-order valence-corrected chi connectivity index (χ2v) is 5.80. The third kappa shape index (κ3) is 4.07. The van der Waals surface area contributed by atoms with Gasteiger partial charge in [0.2, 0.25) is 5.88 Å². The lowest BCUT2D eigenvalue weighted by Crippen LogP contribution is -2.43. The Balaban J connectivity index is 2.96. The fourth-order valence-electron chi connectivity index (χ4n) is 1.55. The van der Waals surface area contributed by atoms with E-state index in [4.69, 9.17) is 4.74 Å². The monoisotopic (exact) mass is 280 g/mol. The molecule has 1 N–H and O–H groups in total. The quantitative estimate of drug-likeness (QED) is 0.831. The number of nitrogens with one attached hydrogen (secondary N) is 1. The van der Waals surface area contributed by atoms with Crippen molar-refractivity contribution >= 4 is 5.82 Å². The molecule has 0 aliphatic carbocycles. The molecule has 0 amide bonds. The number of aromatic nitrogens is 2. The molecule has 0 bridgehead atoms. The van der Waals surface area contributed by atoms with Crippen molar-refractivity contribution in [2.24, 2.45) is 0 Å². The first kappa shape index (κ1) is 16.7. The Morgan fingerprint density at radius 2 is 1.85 bits per heavy atom. The molecule has 0 aliphatic rings. The van der Waals surface area contributed by atoms with Crippen molar-refractivity contribution in [1.29, 1.82) is 0 Å². The highest BCUT2D eigenvalue weighted by Gasteiger charge is 2.22. The van der Waals surface area contributed by atoms with Gasteiger partial charge in [-0.05, 0) is 41.8 Å². The van der Waals surface area contributed by atoms with E-state index in [-0.39, 0.29) is 5.54 Å². The van der Waals surface area contributed by atoms with Crippen LogP contribution in [0.3, 0.4) is 0 Å². The molecule has 5 heteroatoms. The fraction of sp³-hybridized carbons (Fsp3) is 0.733. The number of hydrogen-bond acceptors (Lipinski definition) is 5. The molecule has 1 aromatic rings. The van der Waals surface area contributed by atoms with E-state index in [1.54, 1.807) is 0 Å². The molecule has 1 aromatic heterocycles. The molecule has 0 radical (unpaired) electrons. The highest BCUT2D eigenvalue weighted by Crippen LogP contribution is 2.23. The van der Waals surface area contributed by atoms with Crippen molar-refractivity contribution in [3.63, 3.8) is 0 Å². The lowest BCUT2D eigenvalue weighted by molar-refractivity contribution is 0.110. The van der Waals surface area contributed by atoms with E-state index in [1.807, 2.05) is 13.8 Å². The molecule has 0 saturated carbocycles. The highest BCUT2D eigenvalue weighted by molar-refractivity contribution is 5.48. The minimum Gasteiger partial charge on any atom is -0.475 e. The van der Waals surface area contributed by atoms with Crippen molar-refractivity contribution in [1.82, 2.24) is 14.9 Å². The van der Waals surface area contributed by atoms with Gasteiger partial charge in [0.05, 0.1) is 5.56 Å². The lowest BCUT2D eigenvalue weighted by atomic mass is 10.1. The van der Waals surface area contributed by atoms with Crippen LogP contribution in [0.1, 0.15) is 39.1 Å². The summed E-state index contributed by atoms with van der Waals surface area (Å²) < 4.78 is 5.96. The summed E-state index contributed by atoms with van der Waals surface area (Å²) in [6, 6.07) is 0. The maximum Gasteiger partial charge on any atom is 0.221 e. The second kappa shape index (κ2) is 6.88. The molecule has 114 valence electrons. The van der Waals surface area contributed by atoms with Crippen molar-refractivity contribution < 1.29 is 4.74 Å². The Bertz CT molecular complexity index is 444. The van der Waals surface area contributed by atoms with E-state index in [0.717, 1.165) is 30.2 Å². The summed E-state index contributed by atoms with van der Waals surface area (Å²) in [4.78, 5) is 11.2. The van der Waals surface area contributed by atoms with Crippen LogP contribution in [-0.4, -0.2) is 47.7 Å². The molecule has 0 saturated heterocycles. The summed E-state index contributed by atoms with van der Waals surface area (Å²) in [5, 5.41) is 3.27. The van der Waals surface area contributed by atoms with Gasteiger partial charge in [0, 0.05) is 18.5 Å². The van der Waals surface area contributed by atoms with E-state index in [9.17, 15) is 0 Å². The van der Waals surface area contributed by atoms with Crippen LogP contribution in [0.5, 0.6) is 5.88 Å². The Morgan fingerprint density at radius 1 is 1.20 bits per heavy atom. The van der Waals surface area contributed by atoms with Crippen molar-refractivity contribution in [3.8, 4) is 5.88 Å². The topological polar surface area (TPSA) is 50.3 Å². The second-order valence-electron chi connectivity index (χ2n) is 5.80. The first-order chi connectivity index (χ1) is 9.31. The molecule has 0 fully saturated rings. The van der Waals surface area contributed by atoms with Gasteiger partial charge >= 0.3 is 0 Å². The Kier molecular flexibility index (Phi) is 5.74. The first-order valence-corrected chi connectivity index (χ1v) is 7.23. The largest absolute Gasteiger partial charge is 0.475 e. The number of anilines is 1. The molecule has 1 heterocycles. The summed E-state index contributed by atoms with van der Waals surface area (Å²) >= 11 is 0. The SMILES string of the molecule is CCNc1nc(CC)nc(OCC(C)(C)N(C)C)c1C. The maximum atomic E-state index is 5.96. The standard InChI is InChI=1S/C15H28N4O/c1-8-12-17-13(16-9-2)11(3)14(18-12)20-10-15(4,5)19(6)7/h8-10H2,1-7H3,(H,16,17,18). The van der Waals surface area contributed by atoms with Crippen LogP contribution in [0, 0.1) is 6.92 Å². The molecule has 0 aliphatic heterocycles. The van der Waals surface area contributed by atoms with Crippen LogP contribution in [0.15, 0.2) is 0 Å². The van der Waals surface area contributed by atoms with Gasteiger partial charge in [-0.1, -0.05) is 6.92 Å². The average Bonchev–Trinajstić information content (AvgIpc) is 2.39. The Hall–Kier alpha value is -1.36. The average molecular weight is 280 g/mol. The number of ether oxygens (including phenoxy) is 1. The van der Waals surface area contributed by atoms with Gasteiger partial charge in [-0.25, -0.2) is 4.98 Å². The minimum atomic E-state index is -0.0396. The third-order valence-electron chi connectivity index (χ3n) is 3.58. The molecule has 0 unspecified atom stereocenters. The fourth-order valence-corrected chi connectivity index (χ4v) is 1.55. The van der Waals surface area contributed by atoms with E-state index in [2.05, 4.69) is 55.1 Å².